The lowest BCUT2D eigenvalue weighted by Gasteiger charge is -2.21. The number of hydrogen-bond donors (Lipinski definition) is 0. The van der Waals surface area contributed by atoms with E-state index in [4.69, 9.17) is 16.3 Å². The number of hydrogen-bond acceptors (Lipinski definition) is 1. The number of halogens is 1. The van der Waals surface area contributed by atoms with Crippen LogP contribution in [-0.4, -0.2) is 18.1 Å². The number of aryl methyl sites for hydroxylation is 1. The highest BCUT2D eigenvalue weighted by Crippen LogP contribution is 2.17. The summed E-state index contributed by atoms with van der Waals surface area (Å²) in [6.07, 6.45) is 2.06. The Morgan fingerprint density at radius 3 is 2.28 bits per heavy atom. The minimum absolute atomic E-state index is 0.0548. The Balaban J connectivity index is 2.40. The number of alkyl halides is 1. The molecule has 0 N–H and O–H groups in total. The Labute approximate surface area is 116 Å². The molecule has 0 fully saturated rings. The smallest absolute Gasteiger partial charge is 0.0598 e. The quantitative estimate of drug-likeness (QED) is 0.685. The first kappa shape index (κ1) is 15.5. The molecule has 18 heavy (non-hydrogen) atoms. The Morgan fingerprint density at radius 1 is 1.17 bits per heavy atom. The van der Waals surface area contributed by atoms with E-state index < -0.39 is 0 Å². The first-order valence-corrected chi connectivity index (χ1v) is 7.19. The maximum absolute atomic E-state index is 6.04. The predicted octanol–water partition coefficient (Wildman–Crippen LogP) is 4.60. The molecule has 2 heteroatoms. The third-order valence-electron chi connectivity index (χ3n) is 2.92. The Bertz CT molecular complexity index is 337. The molecule has 0 aliphatic heterocycles. The normalized spacial score (nSPS) is 13.6. The summed E-state index contributed by atoms with van der Waals surface area (Å²) >= 11 is 6.04. The molecule has 1 rings (SSSR count). The van der Waals surface area contributed by atoms with E-state index in [1.165, 1.54) is 11.1 Å². The molecule has 1 atom stereocenters. The largest absolute Gasteiger partial charge is 0.376 e. The fourth-order valence-electron chi connectivity index (χ4n) is 1.82. The van der Waals surface area contributed by atoms with E-state index in [-0.39, 0.29) is 5.60 Å². The standard InChI is InChI=1S/C16H25ClO/c1-13-5-7-14(8-6-13)11-15(12-17)9-10-18-16(2,3)4/h5-8,15H,9-12H2,1-4H3. The van der Waals surface area contributed by atoms with Gasteiger partial charge in [-0.05, 0) is 52.0 Å². The summed E-state index contributed by atoms with van der Waals surface area (Å²) in [5.41, 5.74) is 2.61. The number of benzene rings is 1. The van der Waals surface area contributed by atoms with E-state index in [0.29, 0.717) is 11.8 Å². The van der Waals surface area contributed by atoms with Crippen molar-refractivity contribution in [2.24, 2.45) is 5.92 Å². The van der Waals surface area contributed by atoms with Crippen molar-refractivity contribution in [3.63, 3.8) is 0 Å². The molecule has 0 spiro atoms. The monoisotopic (exact) mass is 268 g/mol. The maximum atomic E-state index is 6.04. The lowest BCUT2D eigenvalue weighted by atomic mass is 9.97. The van der Waals surface area contributed by atoms with Gasteiger partial charge < -0.3 is 4.74 Å². The van der Waals surface area contributed by atoms with Gasteiger partial charge in [0, 0.05) is 12.5 Å². The number of rotatable bonds is 6. The zero-order chi connectivity index (χ0) is 13.6. The van der Waals surface area contributed by atoms with Gasteiger partial charge in [0.05, 0.1) is 5.60 Å². The van der Waals surface area contributed by atoms with Crippen LogP contribution in [0.1, 0.15) is 38.3 Å². The molecule has 1 unspecified atom stereocenters. The molecule has 0 aliphatic carbocycles. The fourth-order valence-corrected chi connectivity index (χ4v) is 2.09. The molecule has 0 bridgehead atoms. The Hall–Kier alpha value is -0.530. The molecular weight excluding hydrogens is 244 g/mol. The first-order chi connectivity index (χ1) is 8.40. The summed E-state index contributed by atoms with van der Waals surface area (Å²) in [7, 11) is 0. The van der Waals surface area contributed by atoms with Crippen LogP contribution in [0.2, 0.25) is 0 Å². The molecule has 0 saturated heterocycles. The van der Waals surface area contributed by atoms with Crippen molar-refractivity contribution in [2.75, 3.05) is 12.5 Å². The molecular formula is C16H25ClO. The van der Waals surface area contributed by atoms with Crippen LogP contribution >= 0.6 is 11.6 Å². The second kappa shape index (κ2) is 7.16. The highest BCUT2D eigenvalue weighted by molar-refractivity contribution is 6.18. The summed E-state index contributed by atoms with van der Waals surface area (Å²) in [5, 5.41) is 0. The van der Waals surface area contributed by atoms with Gasteiger partial charge in [0.2, 0.25) is 0 Å². The van der Waals surface area contributed by atoms with Gasteiger partial charge >= 0.3 is 0 Å². The van der Waals surface area contributed by atoms with Crippen molar-refractivity contribution < 1.29 is 4.74 Å². The molecule has 0 heterocycles. The van der Waals surface area contributed by atoms with Gasteiger partial charge in [0.25, 0.3) is 0 Å². The van der Waals surface area contributed by atoms with Crippen LogP contribution in [-0.2, 0) is 11.2 Å². The molecule has 0 aromatic heterocycles. The van der Waals surface area contributed by atoms with Crippen molar-refractivity contribution in [1.29, 1.82) is 0 Å². The molecule has 102 valence electrons. The minimum Gasteiger partial charge on any atom is -0.376 e. The Kier molecular flexibility index (Phi) is 6.17. The van der Waals surface area contributed by atoms with Crippen molar-refractivity contribution >= 4 is 11.6 Å². The van der Waals surface area contributed by atoms with Crippen LogP contribution in [0.25, 0.3) is 0 Å². The third-order valence-corrected chi connectivity index (χ3v) is 3.36. The van der Waals surface area contributed by atoms with Crippen LogP contribution in [0, 0.1) is 12.8 Å². The zero-order valence-corrected chi connectivity index (χ0v) is 12.8. The van der Waals surface area contributed by atoms with Crippen LogP contribution < -0.4 is 0 Å². The summed E-state index contributed by atoms with van der Waals surface area (Å²) in [6.45, 7) is 9.15. The molecule has 0 saturated carbocycles. The van der Waals surface area contributed by atoms with Gasteiger partial charge in [0.15, 0.2) is 0 Å². The molecule has 0 amide bonds. The lowest BCUT2D eigenvalue weighted by molar-refractivity contribution is -0.00831. The predicted molar refractivity (Wildman–Crippen MR) is 79.4 cm³/mol. The van der Waals surface area contributed by atoms with E-state index in [0.717, 1.165) is 19.4 Å². The topological polar surface area (TPSA) is 9.23 Å². The highest BCUT2D eigenvalue weighted by Gasteiger charge is 2.13. The van der Waals surface area contributed by atoms with Gasteiger partial charge in [-0.1, -0.05) is 29.8 Å². The molecule has 0 radical (unpaired) electrons. The summed E-state index contributed by atoms with van der Waals surface area (Å²) in [4.78, 5) is 0. The average molecular weight is 269 g/mol. The van der Waals surface area contributed by atoms with E-state index in [9.17, 15) is 0 Å². The Morgan fingerprint density at radius 2 is 1.78 bits per heavy atom. The van der Waals surface area contributed by atoms with Crippen LogP contribution in [0.5, 0.6) is 0 Å². The molecule has 1 nitrogen and oxygen atoms in total. The van der Waals surface area contributed by atoms with Crippen molar-refractivity contribution in [1.82, 2.24) is 0 Å². The van der Waals surface area contributed by atoms with Crippen LogP contribution in [0.4, 0.5) is 0 Å². The first-order valence-electron chi connectivity index (χ1n) is 6.66. The number of ether oxygens (including phenoxy) is 1. The van der Waals surface area contributed by atoms with Crippen molar-refractivity contribution in [3.8, 4) is 0 Å². The SMILES string of the molecule is Cc1ccc(CC(CCl)CCOC(C)(C)C)cc1. The second-order valence-corrected chi connectivity index (χ2v) is 6.27. The van der Waals surface area contributed by atoms with E-state index in [1.54, 1.807) is 0 Å². The maximum Gasteiger partial charge on any atom is 0.0598 e. The van der Waals surface area contributed by atoms with Crippen LogP contribution in [0.3, 0.4) is 0 Å². The lowest BCUT2D eigenvalue weighted by Crippen LogP contribution is -2.21. The highest BCUT2D eigenvalue weighted by atomic mass is 35.5. The molecule has 1 aromatic rings. The van der Waals surface area contributed by atoms with Crippen molar-refractivity contribution in [2.45, 2.75) is 46.1 Å². The van der Waals surface area contributed by atoms with Gasteiger partial charge in [-0.3, -0.25) is 0 Å². The molecule has 0 aliphatic rings. The zero-order valence-electron chi connectivity index (χ0n) is 12.0. The van der Waals surface area contributed by atoms with Gasteiger partial charge in [-0.2, -0.15) is 0 Å². The fraction of sp³-hybridized carbons (Fsp3) is 0.625. The van der Waals surface area contributed by atoms with E-state index >= 15 is 0 Å². The van der Waals surface area contributed by atoms with Gasteiger partial charge in [-0.15, -0.1) is 11.6 Å². The summed E-state index contributed by atoms with van der Waals surface area (Å²) in [6, 6.07) is 8.71. The van der Waals surface area contributed by atoms with Gasteiger partial charge in [-0.25, -0.2) is 0 Å². The summed E-state index contributed by atoms with van der Waals surface area (Å²) < 4.78 is 5.76. The van der Waals surface area contributed by atoms with Gasteiger partial charge in [0.1, 0.15) is 0 Å². The van der Waals surface area contributed by atoms with E-state index in [1.807, 2.05) is 0 Å². The minimum atomic E-state index is -0.0548. The van der Waals surface area contributed by atoms with E-state index in [2.05, 4.69) is 52.0 Å². The van der Waals surface area contributed by atoms with Crippen LogP contribution in [0.15, 0.2) is 24.3 Å². The molecule has 1 aromatic carbocycles. The average Bonchev–Trinajstić information content (AvgIpc) is 2.29. The van der Waals surface area contributed by atoms with Crippen molar-refractivity contribution in [3.05, 3.63) is 35.4 Å². The second-order valence-electron chi connectivity index (χ2n) is 5.96. The summed E-state index contributed by atoms with van der Waals surface area (Å²) in [5.74, 6) is 1.19. The third kappa shape index (κ3) is 6.42.